The summed E-state index contributed by atoms with van der Waals surface area (Å²) in [6, 6.07) is 0. The summed E-state index contributed by atoms with van der Waals surface area (Å²) in [6.45, 7) is 1.81. The number of aliphatic hydroxyl groups excluding tert-OH is 1. The monoisotopic (exact) mass is 476 g/mol. The van der Waals surface area contributed by atoms with Gasteiger partial charge in [0, 0.05) is 31.2 Å². The van der Waals surface area contributed by atoms with Crippen molar-refractivity contribution in [2.45, 2.75) is 54.9 Å². The maximum absolute atomic E-state index is 12.6. The first-order chi connectivity index (χ1) is 15.1. The number of nitrogens with zero attached hydrogens (tertiary/aromatic N) is 5. The number of hydrogen-bond acceptors (Lipinski definition) is 10. The van der Waals surface area contributed by atoms with Crippen LogP contribution in [-0.4, -0.2) is 60.2 Å². The molecule has 0 spiro atoms. The number of nitrogens with one attached hydrogen (secondary N) is 1. The van der Waals surface area contributed by atoms with Gasteiger partial charge in [0.15, 0.2) is 9.66 Å². The highest BCUT2D eigenvalue weighted by molar-refractivity contribution is 7.85. The van der Waals surface area contributed by atoms with Gasteiger partial charge in [0.05, 0.1) is 39.2 Å². The Bertz CT molecular complexity index is 1120. The molecule has 3 aromatic rings. The van der Waals surface area contributed by atoms with Crippen molar-refractivity contribution in [3.8, 4) is 0 Å². The summed E-state index contributed by atoms with van der Waals surface area (Å²) in [4.78, 5) is 23.9. The minimum Gasteiger partial charge on any atom is -0.394 e. The number of aliphatic hydroxyl groups is 1. The predicted octanol–water partition coefficient (Wildman–Crippen LogP) is 2.92. The van der Waals surface area contributed by atoms with Gasteiger partial charge < -0.3 is 15.3 Å². The highest BCUT2D eigenvalue weighted by Crippen LogP contribution is 2.39. The third-order valence-electron chi connectivity index (χ3n) is 6.73. The summed E-state index contributed by atoms with van der Waals surface area (Å²) in [5.41, 5.74) is 2.42. The van der Waals surface area contributed by atoms with Crippen LogP contribution in [0, 0.1) is 0 Å². The molecule has 1 saturated heterocycles. The van der Waals surface area contributed by atoms with Crippen LogP contribution in [0.15, 0.2) is 10.4 Å². The number of piperidine rings is 1. The van der Waals surface area contributed by atoms with Gasteiger partial charge in [-0.15, -0.1) is 11.3 Å². The molecule has 11 heteroatoms. The normalized spacial score (nSPS) is 23.1. The summed E-state index contributed by atoms with van der Waals surface area (Å²) in [5, 5.41) is 14.6. The molecule has 31 heavy (non-hydrogen) atoms. The lowest BCUT2D eigenvalue weighted by Gasteiger charge is -2.42. The van der Waals surface area contributed by atoms with Crippen LogP contribution in [0.2, 0.25) is 0 Å². The van der Waals surface area contributed by atoms with E-state index in [1.54, 1.807) is 22.7 Å². The van der Waals surface area contributed by atoms with Gasteiger partial charge in [-0.1, -0.05) is 11.3 Å². The number of anilines is 2. The van der Waals surface area contributed by atoms with Gasteiger partial charge in [-0.3, -0.25) is 4.21 Å². The van der Waals surface area contributed by atoms with Gasteiger partial charge in [-0.25, -0.2) is 15.0 Å². The lowest BCUT2D eigenvalue weighted by molar-refractivity contribution is 0.143. The topological polar surface area (TPSA) is 104 Å². The summed E-state index contributed by atoms with van der Waals surface area (Å²) in [7, 11) is -1.07. The molecule has 2 fully saturated rings. The zero-order valence-corrected chi connectivity index (χ0v) is 19.5. The first kappa shape index (κ1) is 20.0. The molecular formula is C20H24N6O2S3. The second-order valence-corrected chi connectivity index (χ2v) is 12.0. The number of aromatic nitrogens is 4. The van der Waals surface area contributed by atoms with Gasteiger partial charge >= 0.3 is 0 Å². The minimum absolute atomic E-state index is 0.0687. The van der Waals surface area contributed by atoms with E-state index in [-0.39, 0.29) is 12.1 Å². The molecule has 3 aromatic heterocycles. The van der Waals surface area contributed by atoms with Crippen LogP contribution in [0.4, 0.5) is 11.8 Å². The third kappa shape index (κ3) is 3.46. The summed E-state index contributed by atoms with van der Waals surface area (Å²) in [5.74, 6) is 2.44. The SMILES string of the molecule is O=[S@]1CCc2nc(N3CCC(c4nc5scnc5s4)CC3)nc(NC3(CO)CCC3)c21. The van der Waals surface area contributed by atoms with Crippen molar-refractivity contribution in [2.24, 2.45) is 0 Å². The van der Waals surface area contributed by atoms with E-state index in [1.807, 2.05) is 5.51 Å². The Hall–Kier alpha value is -1.69. The molecule has 2 aliphatic heterocycles. The summed E-state index contributed by atoms with van der Waals surface area (Å²) < 4.78 is 12.6. The van der Waals surface area contributed by atoms with Crippen molar-refractivity contribution >= 4 is 54.9 Å². The van der Waals surface area contributed by atoms with Gasteiger partial charge in [0.2, 0.25) is 5.95 Å². The molecule has 0 radical (unpaired) electrons. The zero-order valence-electron chi connectivity index (χ0n) is 17.0. The maximum atomic E-state index is 12.6. The van der Waals surface area contributed by atoms with Gasteiger partial charge in [-0.05, 0) is 32.1 Å². The quantitative estimate of drug-likeness (QED) is 0.579. The molecule has 164 valence electrons. The van der Waals surface area contributed by atoms with Crippen LogP contribution < -0.4 is 10.2 Å². The Morgan fingerprint density at radius 3 is 2.77 bits per heavy atom. The first-order valence-corrected chi connectivity index (χ1v) is 13.8. The van der Waals surface area contributed by atoms with Crippen LogP contribution in [-0.2, 0) is 17.2 Å². The van der Waals surface area contributed by atoms with Crippen LogP contribution in [0.5, 0.6) is 0 Å². The molecule has 0 amide bonds. The van der Waals surface area contributed by atoms with Crippen LogP contribution in [0.3, 0.4) is 0 Å². The number of hydrogen-bond donors (Lipinski definition) is 2. The number of rotatable bonds is 5. The van der Waals surface area contributed by atoms with E-state index in [1.165, 1.54) is 5.01 Å². The predicted molar refractivity (Wildman–Crippen MR) is 124 cm³/mol. The molecule has 1 aliphatic carbocycles. The van der Waals surface area contributed by atoms with E-state index in [0.717, 1.165) is 71.9 Å². The Balaban J connectivity index is 1.24. The van der Waals surface area contributed by atoms with Gasteiger partial charge in [0.25, 0.3) is 0 Å². The average Bonchev–Trinajstić information content (AvgIpc) is 3.46. The number of fused-ring (bicyclic) bond motifs is 2. The van der Waals surface area contributed by atoms with Gasteiger partial charge in [0.1, 0.15) is 10.7 Å². The Kier molecular flexibility index (Phi) is 4.97. The van der Waals surface area contributed by atoms with Crippen molar-refractivity contribution in [1.82, 2.24) is 19.9 Å². The molecule has 1 saturated carbocycles. The summed E-state index contributed by atoms with van der Waals surface area (Å²) >= 11 is 3.32. The zero-order chi connectivity index (χ0) is 21.0. The van der Waals surface area contributed by atoms with E-state index in [0.29, 0.717) is 23.4 Å². The maximum Gasteiger partial charge on any atom is 0.227 e. The number of thiazole rings is 2. The highest BCUT2D eigenvalue weighted by Gasteiger charge is 2.39. The van der Waals surface area contributed by atoms with Crippen LogP contribution >= 0.6 is 22.7 Å². The van der Waals surface area contributed by atoms with Crippen molar-refractivity contribution < 1.29 is 9.32 Å². The highest BCUT2D eigenvalue weighted by atomic mass is 32.2. The lowest BCUT2D eigenvalue weighted by atomic mass is 9.77. The van der Waals surface area contributed by atoms with E-state index < -0.39 is 10.8 Å². The Morgan fingerprint density at radius 2 is 2.06 bits per heavy atom. The van der Waals surface area contributed by atoms with Crippen LogP contribution in [0.1, 0.15) is 48.7 Å². The van der Waals surface area contributed by atoms with E-state index in [9.17, 15) is 9.32 Å². The lowest BCUT2D eigenvalue weighted by Crippen LogP contribution is -2.48. The molecule has 0 unspecified atom stereocenters. The first-order valence-electron chi connectivity index (χ1n) is 10.8. The standard InChI is InChI=1S/C20H24N6O2S3/c27-10-20(5-1-6-20)25-15-14-13(4-9-31(14)28)22-19(23-15)26-7-2-12(3-8-26)16-24-18-17(30-16)21-11-29-18/h11-12,27H,1-10H2,(H,22,23,25)/t31-/m0/s1. The van der Waals surface area contributed by atoms with Crippen molar-refractivity contribution in [3.63, 3.8) is 0 Å². The van der Waals surface area contributed by atoms with E-state index in [2.05, 4.69) is 15.2 Å². The van der Waals surface area contributed by atoms with E-state index >= 15 is 0 Å². The third-order valence-corrected chi connectivity index (χ3v) is 10.2. The Morgan fingerprint density at radius 1 is 1.23 bits per heavy atom. The van der Waals surface area contributed by atoms with Crippen molar-refractivity contribution in [1.29, 1.82) is 0 Å². The minimum atomic E-state index is -1.07. The van der Waals surface area contributed by atoms with Gasteiger partial charge in [-0.2, -0.15) is 4.98 Å². The number of aryl methyl sites for hydroxylation is 1. The molecule has 1 atom stereocenters. The average molecular weight is 477 g/mol. The Labute approximate surface area is 190 Å². The molecule has 6 rings (SSSR count). The van der Waals surface area contributed by atoms with E-state index in [4.69, 9.17) is 15.0 Å². The summed E-state index contributed by atoms with van der Waals surface area (Å²) in [6.07, 6.45) is 5.66. The molecule has 0 bridgehead atoms. The molecule has 2 N–H and O–H groups in total. The largest absolute Gasteiger partial charge is 0.394 e. The second-order valence-electron chi connectivity index (χ2n) is 8.64. The molecule has 8 nitrogen and oxygen atoms in total. The molecule has 0 aromatic carbocycles. The fraction of sp³-hybridized carbons (Fsp3) is 0.600. The molecule has 3 aliphatic rings. The molecule has 5 heterocycles. The fourth-order valence-electron chi connectivity index (χ4n) is 4.68. The molecular weight excluding hydrogens is 452 g/mol. The smallest absolute Gasteiger partial charge is 0.227 e. The van der Waals surface area contributed by atoms with Crippen LogP contribution in [0.25, 0.3) is 9.66 Å². The van der Waals surface area contributed by atoms with Crippen molar-refractivity contribution in [2.75, 3.05) is 35.7 Å². The fourth-order valence-corrected chi connectivity index (χ4v) is 7.92. The van der Waals surface area contributed by atoms with Crippen molar-refractivity contribution in [3.05, 3.63) is 16.2 Å². The second kappa shape index (κ2) is 7.72.